The molecule has 0 unspecified atom stereocenters. The lowest BCUT2D eigenvalue weighted by Gasteiger charge is -2.17. The first kappa shape index (κ1) is 12.7. The number of rotatable bonds is 4. The quantitative estimate of drug-likeness (QED) is 0.793. The molecule has 2 rings (SSSR count). The fourth-order valence-corrected chi connectivity index (χ4v) is 1.89. The second-order valence-corrected chi connectivity index (χ2v) is 4.98. The molecule has 0 radical (unpaired) electrons. The fraction of sp³-hybridized carbons (Fsp3) is 0.375. The molecule has 96 valence electrons. The Labute approximate surface area is 109 Å². The molecule has 2 aromatic carbocycles. The largest absolute Gasteiger partial charge is 0.487 e. The molecule has 18 heavy (non-hydrogen) atoms. The third-order valence-corrected chi connectivity index (χ3v) is 2.54. The summed E-state index contributed by atoms with van der Waals surface area (Å²) in [5.74, 6) is 1.63. The van der Waals surface area contributed by atoms with Crippen LogP contribution in [0.15, 0.2) is 36.4 Å². The third kappa shape index (κ3) is 2.95. The van der Waals surface area contributed by atoms with Crippen LogP contribution in [0.3, 0.4) is 0 Å². The maximum absolute atomic E-state index is 5.83. The van der Waals surface area contributed by atoms with E-state index in [9.17, 15) is 0 Å². The average Bonchev–Trinajstić information content (AvgIpc) is 2.28. The first-order valence-corrected chi connectivity index (χ1v) is 6.42. The van der Waals surface area contributed by atoms with E-state index in [-0.39, 0.29) is 12.2 Å². The average molecular weight is 244 g/mol. The number of hydrogen-bond donors (Lipinski definition) is 0. The van der Waals surface area contributed by atoms with Crippen LogP contribution in [0.5, 0.6) is 11.5 Å². The first-order valence-electron chi connectivity index (χ1n) is 6.42. The third-order valence-electron chi connectivity index (χ3n) is 2.54. The molecular formula is C16H20O2. The van der Waals surface area contributed by atoms with Gasteiger partial charge in [-0.25, -0.2) is 0 Å². The predicted molar refractivity (Wildman–Crippen MR) is 75.5 cm³/mol. The van der Waals surface area contributed by atoms with Crippen LogP contribution in [0.25, 0.3) is 10.8 Å². The van der Waals surface area contributed by atoms with Crippen LogP contribution in [0.2, 0.25) is 0 Å². The van der Waals surface area contributed by atoms with E-state index in [0.717, 1.165) is 11.5 Å². The Morgan fingerprint density at radius 3 is 1.44 bits per heavy atom. The summed E-state index contributed by atoms with van der Waals surface area (Å²) in [6, 6.07) is 12.3. The number of benzene rings is 2. The predicted octanol–water partition coefficient (Wildman–Crippen LogP) is 4.41. The highest BCUT2D eigenvalue weighted by atomic mass is 16.5. The van der Waals surface area contributed by atoms with Crippen molar-refractivity contribution < 1.29 is 9.47 Å². The zero-order valence-corrected chi connectivity index (χ0v) is 11.4. The second-order valence-electron chi connectivity index (χ2n) is 4.98. The lowest BCUT2D eigenvalue weighted by atomic mass is 10.1. The van der Waals surface area contributed by atoms with Gasteiger partial charge in [0.25, 0.3) is 0 Å². The summed E-state index contributed by atoms with van der Waals surface area (Å²) in [6.45, 7) is 8.09. The normalized spacial score (nSPS) is 11.2. The number of ether oxygens (including phenoxy) is 2. The van der Waals surface area contributed by atoms with Gasteiger partial charge in [-0.1, -0.05) is 24.3 Å². The van der Waals surface area contributed by atoms with Crippen LogP contribution in [0.1, 0.15) is 27.7 Å². The van der Waals surface area contributed by atoms with E-state index in [4.69, 9.17) is 9.47 Å². The maximum Gasteiger partial charge on any atom is 0.162 e. The van der Waals surface area contributed by atoms with Crippen molar-refractivity contribution in [1.29, 1.82) is 0 Å². The molecule has 2 heteroatoms. The maximum atomic E-state index is 5.83. The lowest BCUT2D eigenvalue weighted by Crippen LogP contribution is -2.10. The SMILES string of the molecule is CC(C)Oc1cc2ccccc2cc1OC(C)C. The zero-order valence-electron chi connectivity index (χ0n) is 11.4. The van der Waals surface area contributed by atoms with Gasteiger partial charge in [-0.3, -0.25) is 0 Å². The van der Waals surface area contributed by atoms with Gasteiger partial charge in [0.05, 0.1) is 12.2 Å². The van der Waals surface area contributed by atoms with Gasteiger partial charge in [-0.05, 0) is 50.6 Å². The molecule has 0 bridgehead atoms. The molecule has 0 fully saturated rings. The van der Waals surface area contributed by atoms with Crippen molar-refractivity contribution in [3.05, 3.63) is 36.4 Å². The number of fused-ring (bicyclic) bond motifs is 1. The molecule has 0 aliphatic carbocycles. The Balaban J connectivity index is 2.48. The summed E-state index contributed by atoms with van der Waals surface area (Å²) >= 11 is 0. The van der Waals surface area contributed by atoms with Crippen molar-refractivity contribution in [2.45, 2.75) is 39.9 Å². The van der Waals surface area contributed by atoms with Gasteiger partial charge >= 0.3 is 0 Å². The Bertz CT molecular complexity index is 481. The zero-order chi connectivity index (χ0) is 13.1. The minimum Gasteiger partial charge on any atom is -0.487 e. The van der Waals surface area contributed by atoms with Crippen LogP contribution in [0.4, 0.5) is 0 Å². The summed E-state index contributed by atoms with van der Waals surface area (Å²) in [5, 5.41) is 2.34. The summed E-state index contributed by atoms with van der Waals surface area (Å²) in [7, 11) is 0. The molecule has 2 aromatic rings. The Morgan fingerprint density at radius 2 is 1.11 bits per heavy atom. The molecule has 0 atom stereocenters. The van der Waals surface area contributed by atoms with Gasteiger partial charge in [-0.15, -0.1) is 0 Å². The van der Waals surface area contributed by atoms with Gasteiger partial charge in [0, 0.05) is 0 Å². The van der Waals surface area contributed by atoms with E-state index < -0.39 is 0 Å². The van der Waals surface area contributed by atoms with E-state index in [0.29, 0.717) is 0 Å². The van der Waals surface area contributed by atoms with Gasteiger partial charge in [0.15, 0.2) is 11.5 Å². The van der Waals surface area contributed by atoms with E-state index in [2.05, 4.69) is 12.1 Å². The standard InChI is InChI=1S/C16H20O2/c1-11(2)17-15-9-13-7-5-6-8-14(13)10-16(15)18-12(3)4/h5-12H,1-4H3. The first-order chi connectivity index (χ1) is 8.56. The molecule has 0 saturated heterocycles. The summed E-state index contributed by atoms with van der Waals surface area (Å²) in [5.41, 5.74) is 0. The topological polar surface area (TPSA) is 18.5 Å². The molecule has 0 N–H and O–H groups in total. The smallest absolute Gasteiger partial charge is 0.162 e. The van der Waals surface area contributed by atoms with Crippen molar-refractivity contribution >= 4 is 10.8 Å². The van der Waals surface area contributed by atoms with Crippen LogP contribution in [0, 0.1) is 0 Å². The van der Waals surface area contributed by atoms with E-state index in [1.165, 1.54) is 10.8 Å². The molecular weight excluding hydrogens is 224 g/mol. The minimum atomic E-state index is 0.140. The molecule has 0 aromatic heterocycles. The van der Waals surface area contributed by atoms with Crippen LogP contribution in [-0.2, 0) is 0 Å². The fourth-order valence-electron chi connectivity index (χ4n) is 1.89. The molecule has 0 aliphatic heterocycles. The van der Waals surface area contributed by atoms with E-state index in [1.54, 1.807) is 0 Å². The van der Waals surface area contributed by atoms with Gasteiger partial charge in [-0.2, -0.15) is 0 Å². The number of hydrogen-bond acceptors (Lipinski definition) is 2. The van der Waals surface area contributed by atoms with Gasteiger partial charge < -0.3 is 9.47 Å². The highest BCUT2D eigenvalue weighted by molar-refractivity contribution is 5.86. The molecule has 2 nitrogen and oxygen atoms in total. The minimum absolute atomic E-state index is 0.140. The molecule has 0 amide bonds. The second kappa shape index (κ2) is 5.30. The van der Waals surface area contributed by atoms with E-state index in [1.807, 2.05) is 52.0 Å². The molecule has 0 spiro atoms. The van der Waals surface area contributed by atoms with Crippen LogP contribution >= 0.6 is 0 Å². The van der Waals surface area contributed by atoms with Crippen molar-refractivity contribution in [2.24, 2.45) is 0 Å². The summed E-state index contributed by atoms with van der Waals surface area (Å²) in [4.78, 5) is 0. The van der Waals surface area contributed by atoms with Gasteiger partial charge in [0.2, 0.25) is 0 Å². The highest BCUT2D eigenvalue weighted by Gasteiger charge is 2.10. The van der Waals surface area contributed by atoms with Crippen molar-refractivity contribution in [3.8, 4) is 11.5 Å². The van der Waals surface area contributed by atoms with Crippen molar-refractivity contribution in [2.75, 3.05) is 0 Å². The summed E-state index contributed by atoms with van der Waals surface area (Å²) < 4.78 is 11.7. The van der Waals surface area contributed by atoms with E-state index >= 15 is 0 Å². The highest BCUT2D eigenvalue weighted by Crippen LogP contribution is 2.33. The Hall–Kier alpha value is -1.70. The summed E-state index contributed by atoms with van der Waals surface area (Å²) in [6.07, 6.45) is 0.279. The Morgan fingerprint density at radius 1 is 0.722 bits per heavy atom. The van der Waals surface area contributed by atoms with Crippen LogP contribution in [-0.4, -0.2) is 12.2 Å². The van der Waals surface area contributed by atoms with Crippen molar-refractivity contribution in [1.82, 2.24) is 0 Å². The van der Waals surface area contributed by atoms with Gasteiger partial charge in [0.1, 0.15) is 0 Å². The molecule has 0 saturated carbocycles. The van der Waals surface area contributed by atoms with Crippen molar-refractivity contribution in [3.63, 3.8) is 0 Å². The molecule has 0 heterocycles. The molecule has 0 aliphatic rings. The lowest BCUT2D eigenvalue weighted by molar-refractivity contribution is 0.199. The Kier molecular flexibility index (Phi) is 3.75. The monoisotopic (exact) mass is 244 g/mol. The van der Waals surface area contributed by atoms with Crippen LogP contribution < -0.4 is 9.47 Å².